The summed E-state index contributed by atoms with van der Waals surface area (Å²) in [5, 5.41) is 3.14. The SMILES string of the molecule is Cc1ccc(F)c(CNC2CCCS(=O)(=O)C2)c1. The number of aryl methyl sites for hydroxylation is 1. The lowest BCUT2D eigenvalue weighted by atomic mass is 10.1. The topological polar surface area (TPSA) is 46.2 Å². The molecule has 1 aliphatic heterocycles. The van der Waals surface area contributed by atoms with Gasteiger partial charge in [-0.05, 0) is 25.8 Å². The normalized spacial score (nSPS) is 22.9. The van der Waals surface area contributed by atoms with E-state index in [1.807, 2.05) is 6.92 Å². The summed E-state index contributed by atoms with van der Waals surface area (Å²) >= 11 is 0. The van der Waals surface area contributed by atoms with Gasteiger partial charge in [0.1, 0.15) is 5.82 Å². The predicted octanol–water partition coefficient (Wildman–Crippen LogP) is 1.80. The maximum atomic E-state index is 13.5. The zero-order chi connectivity index (χ0) is 13.2. The summed E-state index contributed by atoms with van der Waals surface area (Å²) in [6.45, 7) is 2.29. The van der Waals surface area contributed by atoms with Crippen molar-refractivity contribution in [1.29, 1.82) is 0 Å². The molecule has 0 aliphatic carbocycles. The highest BCUT2D eigenvalue weighted by Gasteiger charge is 2.24. The molecule has 1 aromatic rings. The number of benzene rings is 1. The summed E-state index contributed by atoms with van der Waals surface area (Å²) in [4.78, 5) is 0. The standard InChI is InChI=1S/C13H18FNO2S/c1-10-4-5-13(14)11(7-10)8-15-12-3-2-6-18(16,17)9-12/h4-5,7,12,15H,2-3,6,8-9H2,1H3. The third kappa shape index (κ3) is 3.53. The molecule has 1 saturated heterocycles. The van der Waals surface area contributed by atoms with Crippen molar-refractivity contribution in [1.82, 2.24) is 5.32 Å². The molecule has 0 spiro atoms. The molecule has 0 radical (unpaired) electrons. The van der Waals surface area contributed by atoms with Gasteiger partial charge >= 0.3 is 0 Å². The van der Waals surface area contributed by atoms with E-state index in [2.05, 4.69) is 5.32 Å². The second kappa shape index (κ2) is 5.36. The average Bonchev–Trinajstić information content (AvgIpc) is 2.29. The average molecular weight is 271 g/mol. The summed E-state index contributed by atoms with van der Waals surface area (Å²) in [6, 6.07) is 4.91. The van der Waals surface area contributed by atoms with Crippen LogP contribution in [0.25, 0.3) is 0 Å². The molecule has 100 valence electrons. The predicted molar refractivity (Wildman–Crippen MR) is 69.7 cm³/mol. The highest BCUT2D eigenvalue weighted by Crippen LogP contribution is 2.14. The Balaban J connectivity index is 1.97. The van der Waals surface area contributed by atoms with Crippen molar-refractivity contribution in [2.75, 3.05) is 11.5 Å². The molecule has 1 heterocycles. The molecular weight excluding hydrogens is 253 g/mol. The van der Waals surface area contributed by atoms with Crippen molar-refractivity contribution < 1.29 is 12.8 Å². The smallest absolute Gasteiger partial charge is 0.151 e. The maximum absolute atomic E-state index is 13.5. The third-order valence-corrected chi connectivity index (χ3v) is 5.07. The van der Waals surface area contributed by atoms with Gasteiger partial charge in [-0.25, -0.2) is 12.8 Å². The molecule has 3 nitrogen and oxygen atoms in total. The number of rotatable bonds is 3. The van der Waals surface area contributed by atoms with Crippen LogP contribution < -0.4 is 5.32 Å². The van der Waals surface area contributed by atoms with Crippen LogP contribution in [0.4, 0.5) is 4.39 Å². The molecule has 0 bridgehead atoms. The van der Waals surface area contributed by atoms with Gasteiger partial charge in [0.2, 0.25) is 0 Å². The van der Waals surface area contributed by atoms with E-state index < -0.39 is 9.84 Å². The van der Waals surface area contributed by atoms with Gasteiger partial charge < -0.3 is 5.32 Å². The zero-order valence-electron chi connectivity index (χ0n) is 10.4. The van der Waals surface area contributed by atoms with Gasteiger partial charge in [-0.1, -0.05) is 17.7 Å². The molecule has 1 unspecified atom stereocenters. The first-order valence-corrected chi connectivity index (χ1v) is 7.97. The highest BCUT2D eigenvalue weighted by atomic mass is 32.2. The van der Waals surface area contributed by atoms with Crippen molar-refractivity contribution in [3.63, 3.8) is 0 Å². The van der Waals surface area contributed by atoms with Crippen LogP contribution in [0.2, 0.25) is 0 Å². The van der Waals surface area contributed by atoms with E-state index in [1.165, 1.54) is 6.07 Å². The van der Waals surface area contributed by atoms with E-state index >= 15 is 0 Å². The molecule has 2 rings (SSSR count). The maximum Gasteiger partial charge on any atom is 0.151 e. The number of hydrogen-bond donors (Lipinski definition) is 1. The van der Waals surface area contributed by atoms with E-state index in [4.69, 9.17) is 0 Å². The fourth-order valence-electron chi connectivity index (χ4n) is 2.28. The number of nitrogens with one attached hydrogen (secondary N) is 1. The van der Waals surface area contributed by atoms with Gasteiger partial charge in [-0.2, -0.15) is 0 Å². The molecule has 5 heteroatoms. The molecule has 1 atom stereocenters. The second-order valence-electron chi connectivity index (χ2n) is 4.93. The molecular formula is C13H18FNO2S. The Hall–Kier alpha value is -0.940. The fraction of sp³-hybridized carbons (Fsp3) is 0.538. The lowest BCUT2D eigenvalue weighted by Crippen LogP contribution is -2.39. The van der Waals surface area contributed by atoms with Gasteiger partial charge in [-0.3, -0.25) is 0 Å². The quantitative estimate of drug-likeness (QED) is 0.912. The van der Waals surface area contributed by atoms with Gasteiger partial charge in [-0.15, -0.1) is 0 Å². The first-order chi connectivity index (χ1) is 8.46. The monoisotopic (exact) mass is 271 g/mol. The molecule has 1 aromatic carbocycles. The Bertz CT molecular complexity index is 528. The summed E-state index contributed by atoms with van der Waals surface area (Å²) in [5.41, 5.74) is 1.60. The van der Waals surface area contributed by atoms with Crippen LogP contribution in [0.5, 0.6) is 0 Å². The van der Waals surface area contributed by atoms with Gasteiger partial charge in [0.15, 0.2) is 9.84 Å². The minimum absolute atomic E-state index is 0.0522. The van der Waals surface area contributed by atoms with Crippen LogP contribution >= 0.6 is 0 Å². The summed E-state index contributed by atoms with van der Waals surface area (Å²) < 4.78 is 36.5. The molecule has 1 N–H and O–H groups in total. The Morgan fingerprint density at radius 2 is 2.22 bits per heavy atom. The van der Waals surface area contributed by atoms with Crippen molar-refractivity contribution >= 4 is 9.84 Å². The van der Waals surface area contributed by atoms with E-state index in [1.54, 1.807) is 12.1 Å². The Morgan fingerprint density at radius 1 is 1.44 bits per heavy atom. The van der Waals surface area contributed by atoms with Crippen LogP contribution in [0.1, 0.15) is 24.0 Å². The minimum atomic E-state index is -2.91. The molecule has 0 amide bonds. The lowest BCUT2D eigenvalue weighted by Gasteiger charge is -2.23. The summed E-state index contributed by atoms with van der Waals surface area (Å²) in [7, 11) is -2.91. The molecule has 18 heavy (non-hydrogen) atoms. The lowest BCUT2D eigenvalue weighted by molar-refractivity contribution is 0.473. The van der Waals surface area contributed by atoms with Crippen LogP contribution in [0.15, 0.2) is 18.2 Å². The minimum Gasteiger partial charge on any atom is -0.309 e. The van der Waals surface area contributed by atoms with Crippen molar-refractivity contribution in [3.05, 3.63) is 35.1 Å². The summed E-state index contributed by atoms with van der Waals surface area (Å²) in [6.07, 6.45) is 1.53. The van der Waals surface area contributed by atoms with Gasteiger partial charge in [0.25, 0.3) is 0 Å². The van der Waals surface area contributed by atoms with Crippen LogP contribution in [-0.2, 0) is 16.4 Å². The summed E-state index contributed by atoms with van der Waals surface area (Å²) in [5.74, 6) is 0.205. The second-order valence-corrected chi connectivity index (χ2v) is 7.16. The van der Waals surface area contributed by atoms with Gasteiger partial charge in [0.05, 0.1) is 11.5 Å². The zero-order valence-corrected chi connectivity index (χ0v) is 11.3. The molecule has 1 fully saturated rings. The highest BCUT2D eigenvalue weighted by molar-refractivity contribution is 7.91. The van der Waals surface area contributed by atoms with Crippen LogP contribution in [0.3, 0.4) is 0 Å². The van der Waals surface area contributed by atoms with E-state index in [9.17, 15) is 12.8 Å². The first-order valence-electron chi connectivity index (χ1n) is 6.15. The van der Waals surface area contributed by atoms with E-state index in [-0.39, 0.29) is 23.4 Å². The first kappa shape index (κ1) is 13.5. The number of sulfone groups is 1. The fourth-order valence-corrected chi connectivity index (χ4v) is 3.95. The molecule has 1 aliphatic rings. The Kier molecular flexibility index (Phi) is 4.02. The molecule has 0 saturated carbocycles. The Morgan fingerprint density at radius 3 is 2.94 bits per heavy atom. The van der Waals surface area contributed by atoms with E-state index in [0.29, 0.717) is 18.5 Å². The Labute approximate surface area is 107 Å². The van der Waals surface area contributed by atoms with Crippen molar-refractivity contribution in [2.45, 2.75) is 32.4 Å². The van der Waals surface area contributed by atoms with Gasteiger partial charge in [0, 0.05) is 18.2 Å². The largest absolute Gasteiger partial charge is 0.309 e. The van der Waals surface area contributed by atoms with Crippen LogP contribution in [0, 0.1) is 12.7 Å². The van der Waals surface area contributed by atoms with E-state index in [0.717, 1.165) is 12.0 Å². The van der Waals surface area contributed by atoms with Crippen molar-refractivity contribution in [3.8, 4) is 0 Å². The third-order valence-electron chi connectivity index (χ3n) is 3.25. The number of hydrogen-bond acceptors (Lipinski definition) is 3. The van der Waals surface area contributed by atoms with Crippen LogP contribution in [-0.4, -0.2) is 26.0 Å². The number of halogens is 1. The van der Waals surface area contributed by atoms with Crippen molar-refractivity contribution in [2.24, 2.45) is 0 Å². The molecule has 0 aromatic heterocycles.